The van der Waals surface area contributed by atoms with E-state index in [4.69, 9.17) is 14.6 Å². The molecule has 0 unspecified atom stereocenters. The first-order valence-corrected chi connectivity index (χ1v) is 8.69. The highest BCUT2D eigenvalue weighted by molar-refractivity contribution is 7.89. The van der Waals surface area contributed by atoms with Gasteiger partial charge in [-0.25, -0.2) is 18.5 Å². The highest BCUT2D eigenvalue weighted by Gasteiger charge is 2.16. The van der Waals surface area contributed by atoms with E-state index in [1.54, 1.807) is 12.1 Å². The molecule has 0 spiro atoms. The predicted molar refractivity (Wildman–Crippen MR) is 87.4 cm³/mol. The summed E-state index contributed by atoms with van der Waals surface area (Å²) < 4.78 is 33.1. The van der Waals surface area contributed by atoms with Gasteiger partial charge in [0.25, 0.3) is 0 Å². The number of benzene rings is 2. The van der Waals surface area contributed by atoms with Crippen molar-refractivity contribution in [2.24, 2.45) is 5.14 Å². The Balaban J connectivity index is 1.50. The van der Waals surface area contributed by atoms with Gasteiger partial charge in [-0.3, -0.25) is 0 Å². The standard InChI is InChI=1S/C15H14N4O4S/c16-24(20,21)10-3-1-9(2-4-10)7-17-15-18-11-5-13-14(23-8-22-13)6-12(11)19-15/h1-6H,7-8H2,(H2,16,20,21)(H2,17,18,19). The van der Waals surface area contributed by atoms with Gasteiger partial charge in [-0.2, -0.15) is 0 Å². The first-order valence-electron chi connectivity index (χ1n) is 7.14. The molecule has 0 aliphatic carbocycles. The van der Waals surface area contributed by atoms with Crippen LogP contribution in [0.15, 0.2) is 41.3 Å². The number of rotatable bonds is 4. The number of nitrogens with zero attached hydrogens (tertiary/aromatic N) is 1. The van der Waals surface area contributed by atoms with Gasteiger partial charge in [0.2, 0.25) is 22.8 Å². The number of hydrogen-bond donors (Lipinski definition) is 3. The predicted octanol–water partition coefficient (Wildman–Crippen LogP) is 1.55. The maximum absolute atomic E-state index is 11.2. The van der Waals surface area contributed by atoms with E-state index in [9.17, 15) is 8.42 Å². The number of sulfonamides is 1. The molecule has 2 heterocycles. The molecule has 1 aliphatic heterocycles. The number of nitrogens with one attached hydrogen (secondary N) is 2. The lowest BCUT2D eigenvalue weighted by Crippen LogP contribution is -2.12. The third kappa shape index (κ3) is 2.74. The van der Waals surface area contributed by atoms with E-state index in [0.717, 1.165) is 16.6 Å². The topological polar surface area (TPSA) is 119 Å². The minimum Gasteiger partial charge on any atom is -0.454 e. The Morgan fingerprint density at radius 3 is 2.58 bits per heavy atom. The van der Waals surface area contributed by atoms with Crippen molar-refractivity contribution < 1.29 is 17.9 Å². The van der Waals surface area contributed by atoms with Gasteiger partial charge in [0.15, 0.2) is 11.5 Å². The molecule has 0 bridgehead atoms. The minimum atomic E-state index is -3.67. The lowest BCUT2D eigenvalue weighted by molar-refractivity contribution is 0.174. The lowest BCUT2D eigenvalue weighted by Gasteiger charge is -2.04. The molecule has 0 radical (unpaired) electrons. The fraction of sp³-hybridized carbons (Fsp3) is 0.133. The number of H-pyrrole nitrogens is 1. The number of aromatic nitrogens is 2. The summed E-state index contributed by atoms with van der Waals surface area (Å²) in [6.45, 7) is 0.707. The number of fused-ring (bicyclic) bond motifs is 2. The van der Waals surface area contributed by atoms with Crippen LogP contribution in [0.4, 0.5) is 5.95 Å². The molecule has 0 atom stereocenters. The summed E-state index contributed by atoms with van der Waals surface area (Å²) in [6.07, 6.45) is 0. The molecule has 2 aromatic carbocycles. The number of primary sulfonamides is 1. The molecule has 1 aliphatic rings. The molecule has 0 saturated carbocycles. The maximum atomic E-state index is 11.2. The first kappa shape index (κ1) is 14.8. The Labute approximate surface area is 137 Å². The SMILES string of the molecule is NS(=O)(=O)c1ccc(CNc2nc3cc4c(cc3[nH]2)OCO4)cc1. The normalized spacial score (nSPS) is 13.4. The summed E-state index contributed by atoms with van der Waals surface area (Å²) in [5.41, 5.74) is 2.51. The fourth-order valence-electron chi connectivity index (χ4n) is 2.47. The highest BCUT2D eigenvalue weighted by atomic mass is 32.2. The van der Waals surface area contributed by atoms with Gasteiger partial charge < -0.3 is 19.8 Å². The van der Waals surface area contributed by atoms with Crippen molar-refractivity contribution in [1.82, 2.24) is 9.97 Å². The van der Waals surface area contributed by atoms with Crippen LogP contribution >= 0.6 is 0 Å². The summed E-state index contributed by atoms with van der Waals surface area (Å²) in [4.78, 5) is 7.69. The minimum absolute atomic E-state index is 0.0875. The van der Waals surface area contributed by atoms with Crippen LogP contribution in [0.2, 0.25) is 0 Å². The van der Waals surface area contributed by atoms with Gasteiger partial charge in [-0.1, -0.05) is 12.1 Å². The Hall–Kier alpha value is -2.78. The van der Waals surface area contributed by atoms with Crippen molar-refractivity contribution in [3.8, 4) is 11.5 Å². The average molecular weight is 346 g/mol. The molecule has 0 amide bonds. The van der Waals surface area contributed by atoms with Crippen molar-refractivity contribution in [1.29, 1.82) is 0 Å². The summed E-state index contributed by atoms with van der Waals surface area (Å²) in [5.74, 6) is 1.97. The van der Waals surface area contributed by atoms with Crippen LogP contribution in [0.1, 0.15) is 5.56 Å². The van der Waals surface area contributed by atoms with Crippen LogP contribution < -0.4 is 19.9 Å². The van der Waals surface area contributed by atoms with E-state index in [-0.39, 0.29) is 11.7 Å². The van der Waals surface area contributed by atoms with Crippen LogP contribution in [0.25, 0.3) is 11.0 Å². The molecule has 0 fully saturated rings. The van der Waals surface area contributed by atoms with Gasteiger partial charge in [0, 0.05) is 18.7 Å². The molecule has 3 aromatic rings. The zero-order valence-electron chi connectivity index (χ0n) is 12.4. The molecule has 24 heavy (non-hydrogen) atoms. The molecule has 8 nitrogen and oxygen atoms in total. The van der Waals surface area contributed by atoms with Crippen molar-refractivity contribution in [3.05, 3.63) is 42.0 Å². The third-order valence-electron chi connectivity index (χ3n) is 3.69. The molecule has 9 heteroatoms. The van der Waals surface area contributed by atoms with Gasteiger partial charge >= 0.3 is 0 Å². The first-order chi connectivity index (χ1) is 11.5. The van der Waals surface area contributed by atoms with Crippen molar-refractivity contribution >= 4 is 27.0 Å². The third-order valence-corrected chi connectivity index (χ3v) is 4.62. The average Bonchev–Trinajstić information content (AvgIpc) is 3.15. The van der Waals surface area contributed by atoms with E-state index >= 15 is 0 Å². The number of imidazole rings is 1. The van der Waals surface area contributed by atoms with Crippen molar-refractivity contribution in [3.63, 3.8) is 0 Å². The zero-order chi connectivity index (χ0) is 16.7. The molecule has 1 aromatic heterocycles. The number of aromatic amines is 1. The number of hydrogen-bond acceptors (Lipinski definition) is 6. The Bertz CT molecular complexity index is 971. The fourth-order valence-corrected chi connectivity index (χ4v) is 2.98. The second kappa shape index (κ2) is 5.39. The Morgan fingerprint density at radius 1 is 1.17 bits per heavy atom. The van der Waals surface area contributed by atoms with Crippen LogP contribution in [0, 0.1) is 0 Å². The largest absolute Gasteiger partial charge is 0.454 e. The van der Waals surface area contributed by atoms with E-state index < -0.39 is 10.0 Å². The second-order valence-electron chi connectivity index (χ2n) is 5.35. The van der Waals surface area contributed by atoms with Crippen molar-refractivity contribution in [2.75, 3.05) is 12.1 Å². The van der Waals surface area contributed by atoms with E-state index in [0.29, 0.717) is 24.0 Å². The van der Waals surface area contributed by atoms with Gasteiger partial charge in [-0.15, -0.1) is 0 Å². The second-order valence-corrected chi connectivity index (χ2v) is 6.91. The van der Waals surface area contributed by atoms with E-state index in [1.807, 2.05) is 12.1 Å². The highest BCUT2D eigenvalue weighted by Crippen LogP contribution is 2.35. The van der Waals surface area contributed by atoms with E-state index in [2.05, 4.69) is 15.3 Å². The summed E-state index contributed by atoms with van der Waals surface area (Å²) in [7, 11) is -3.67. The number of anilines is 1. The zero-order valence-corrected chi connectivity index (χ0v) is 13.3. The lowest BCUT2D eigenvalue weighted by atomic mass is 10.2. The Morgan fingerprint density at radius 2 is 1.88 bits per heavy atom. The van der Waals surface area contributed by atoms with Gasteiger partial charge in [0.1, 0.15) is 0 Å². The smallest absolute Gasteiger partial charge is 0.238 e. The van der Waals surface area contributed by atoms with Crippen LogP contribution in [0.5, 0.6) is 11.5 Å². The Kier molecular flexibility index (Phi) is 3.32. The van der Waals surface area contributed by atoms with Crippen LogP contribution in [-0.2, 0) is 16.6 Å². The van der Waals surface area contributed by atoms with Crippen LogP contribution in [-0.4, -0.2) is 25.2 Å². The molecular formula is C15H14N4O4S. The molecule has 0 saturated heterocycles. The maximum Gasteiger partial charge on any atom is 0.238 e. The quantitative estimate of drug-likeness (QED) is 0.659. The monoisotopic (exact) mass is 346 g/mol. The molecule has 4 N–H and O–H groups in total. The van der Waals surface area contributed by atoms with E-state index in [1.165, 1.54) is 12.1 Å². The van der Waals surface area contributed by atoms with Gasteiger partial charge in [0.05, 0.1) is 15.9 Å². The molecular weight excluding hydrogens is 332 g/mol. The molecule has 4 rings (SSSR count). The number of ether oxygens (including phenoxy) is 2. The summed E-state index contributed by atoms with van der Waals surface area (Å²) >= 11 is 0. The van der Waals surface area contributed by atoms with Crippen LogP contribution in [0.3, 0.4) is 0 Å². The summed E-state index contributed by atoms with van der Waals surface area (Å²) in [6, 6.07) is 10.0. The van der Waals surface area contributed by atoms with Gasteiger partial charge in [-0.05, 0) is 17.7 Å². The number of nitrogens with two attached hydrogens (primary N) is 1. The summed E-state index contributed by atoms with van der Waals surface area (Å²) in [5, 5.41) is 8.23. The molecule has 124 valence electrons. The van der Waals surface area contributed by atoms with Crippen molar-refractivity contribution in [2.45, 2.75) is 11.4 Å².